The number of nitrogens with one attached hydrogen (secondary N) is 1. The number of fused-ring (bicyclic) bond motifs is 1. The molecular weight excluding hydrogens is 484 g/mol. The van der Waals surface area contributed by atoms with Crippen LogP contribution in [-0.2, 0) is 6.42 Å². The van der Waals surface area contributed by atoms with Gasteiger partial charge < -0.3 is 9.47 Å². The van der Waals surface area contributed by atoms with Crippen LogP contribution in [0, 0.1) is 0 Å². The average Bonchev–Trinajstić information content (AvgIpc) is 3.13. The monoisotopic (exact) mass is 500 g/mol. The summed E-state index contributed by atoms with van der Waals surface area (Å²) in [6.45, 7) is 0.510. The average molecular weight is 502 g/mol. The third-order valence-electron chi connectivity index (χ3n) is 4.58. The standard InChI is InChI=1S/C22H18Br2N2O2/c1-27-22-18(21(25-26-22)14-5-3-2-4-6-14)11-12-28-19-10-7-15-13-16(23)8-9-17(15)20(19)24/h2-10,13H,11-12H2,1H3,(H,25,26). The molecule has 0 aliphatic heterocycles. The van der Waals surface area contributed by atoms with Crippen LogP contribution in [0.3, 0.4) is 0 Å². The molecule has 0 fully saturated rings. The predicted molar refractivity (Wildman–Crippen MR) is 119 cm³/mol. The Hall–Kier alpha value is -2.31. The summed E-state index contributed by atoms with van der Waals surface area (Å²) in [6, 6.07) is 20.4. The van der Waals surface area contributed by atoms with E-state index in [4.69, 9.17) is 9.47 Å². The molecule has 28 heavy (non-hydrogen) atoms. The molecule has 0 saturated heterocycles. The molecule has 1 N–H and O–H groups in total. The van der Waals surface area contributed by atoms with E-state index in [-0.39, 0.29) is 0 Å². The van der Waals surface area contributed by atoms with Crippen molar-refractivity contribution in [2.45, 2.75) is 6.42 Å². The molecule has 0 radical (unpaired) electrons. The van der Waals surface area contributed by atoms with Gasteiger partial charge in [-0.05, 0) is 50.5 Å². The zero-order chi connectivity index (χ0) is 19.5. The van der Waals surface area contributed by atoms with Crippen LogP contribution >= 0.6 is 31.9 Å². The van der Waals surface area contributed by atoms with Crippen molar-refractivity contribution >= 4 is 42.6 Å². The number of rotatable bonds is 6. The van der Waals surface area contributed by atoms with E-state index in [0.29, 0.717) is 18.9 Å². The molecule has 1 aromatic heterocycles. The van der Waals surface area contributed by atoms with Gasteiger partial charge in [-0.3, -0.25) is 5.10 Å². The van der Waals surface area contributed by atoms with Crippen LogP contribution in [0.2, 0.25) is 0 Å². The summed E-state index contributed by atoms with van der Waals surface area (Å²) in [7, 11) is 1.63. The summed E-state index contributed by atoms with van der Waals surface area (Å²) in [5.74, 6) is 1.42. The van der Waals surface area contributed by atoms with Gasteiger partial charge in [-0.1, -0.05) is 58.4 Å². The molecule has 1 heterocycles. The van der Waals surface area contributed by atoms with Gasteiger partial charge in [-0.2, -0.15) is 0 Å². The summed E-state index contributed by atoms with van der Waals surface area (Å²) in [5, 5.41) is 9.64. The molecule has 0 spiro atoms. The van der Waals surface area contributed by atoms with Crippen LogP contribution in [0.25, 0.3) is 22.0 Å². The first-order valence-electron chi connectivity index (χ1n) is 8.84. The summed E-state index contributed by atoms with van der Waals surface area (Å²) in [4.78, 5) is 0. The highest BCUT2D eigenvalue weighted by Gasteiger charge is 2.16. The van der Waals surface area contributed by atoms with Gasteiger partial charge in [0.05, 0.1) is 23.9 Å². The van der Waals surface area contributed by atoms with Crippen molar-refractivity contribution in [1.82, 2.24) is 10.2 Å². The van der Waals surface area contributed by atoms with E-state index in [1.54, 1.807) is 7.11 Å². The van der Waals surface area contributed by atoms with Gasteiger partial charge >= 0.3 is 0 Å². The van der Waals surface area contributed by atoms with E-state index in [2.05, 4.69) is 72.4 Å². The summed E-state index contributed by atoms with van der Waals surface area (Å²) >= 11 is 7.19. The highest BCUT2D eigenvalue weighted by molar-refractivity contribution is 9.11. The van der Waals surface area contributed by atoms with Crippen LogP contribution in [0.5, 0.6) is 11.6 Å². The lowest BCUT2D eigenvalue weighted by molar-refractivity contribution is 0.316. The molecule has 4 aromatic rings. The maximum atomic E-state index is 6.08. The molecule has 0 aliphatic carbocycles. The van der Waals surface area contributed by atoms with Crippen LogP contribution in [0.1, 0.15) is 5.56 Å². The fourth-order valence-electron chi connectivity index (χ4n) is 3.21. The van der Waals surface area contributed by atoms with Gasteiger partial charge in [0.25, 0.3) is 0 Å². The SMILES string of the molecule is COc1n[nH]c(-c2ccccc2)c1CCOc1ccc2cc(Br)ccc2c1Br. The van der Waals surface area contributed by atoms with Crippen molar-refractivity contribution in [2.75, 3.05) is 13.7 Å². The largest absolute Gasteiger partial charge is 0.492 e. The first kappa shape index (κ1) is 19.0. The Labute approximate surface area is 180 Å². The molecular formula is C22H18Br2N2O2. The predicted octanol–water partition coefficient (Wildman–Crippen LogP) is 6.39. The molecule has 142 valence electrons. The van der Waals surface area contributed by atoms with Gasteiger partial charge in [0.1, 0.15) is 5.75 Å². The number of methoxy groups -OCH3 is 1. The Morgan fingerprint density at radius 2 is 1.82 bits per heavy atom. The van der Waals surface area contributed by atoms with Gasteiger partial charge in [-0.15, -0.1) is 5.10 Å². The fraction of sp³-hybridized carbons (Fsp3) is 0.136. The molecule has 4 rings (SSSR count). The lowest BCUT2D eigenvalue weighted by Crippen LogP contribution is -2.03. The van der Waals surface area contributed by atoms with Crippen molar-refractivity contribution in [3.63, 3.8) is 0 Å². The Morgan fingerprint density at radius 1 is 1.00 bits per heavy atom. The lowest BCUT2D eigenvalue weighted by Gasteiger charge is -2.11. The van der Waals surface area contributed by atoms with Crippen molar-refractivity contribution in [3.05, 3.63) is 75.2 Å². The number of ether oxygens (including phenoxy) is 2. The Kier molecular flexibility index (Phi) is 5.69. The minimum absolute atomic E-state index is 0.510. The van der Waals surface area contributed by atoms with E-state index in [1.165, 1.54) is 0 Å². The second-order valence-corrected chi connectivity index (χ2v) is 8.00. The molecule has 0 saturated carbocycles. The molecule has 0 unspecified atom stereocenters. The minimum atomic E-state index is 0.510. The number of nitrogens with zero attached hydrogens (tertiary/aromatic N) is 1. The summed E-state index contributed by atoms with van der Waals surface area (Å²) in [6.07, 6.45) is 0.675. The zero-order valence-corrected chi connectivity index (χ0v) is 18.4. The van der Waals surface area contributed by atoms with Crippen LogP contribution in [0.4, 0.5) is 0 Å². The number of hydrogen-bond donors (Lipinski definition) is 1. The maximum Gasteiger partial charge on any atom is 0.236 e. The second kappa shape index (κ2) is 8.37. The topological polar surface area (TPSA) is 47.1 Å². The Bertz CT molecular complexity index is 1110. The van der Waals surface area contributed by atoms with Gasteiger partial charge in [0.15, 0.2) is 0 Å². The smallest absolute Gasteiger partial charge is 0.236 e. The quantitative estimate of drug-likeness (QED) is 0.333. The molecule has 0 bridgehead atoms. The Morgan fingerprint density at radius 3 is 2.61 bits per heavy atom. The summed E-state index contributed by atoms with van der Waals surface area (Å²) in [5.41, 5.74) is 3.05. The van der Waals surface area contributed by atoms with Crippen molar-refractivity contribution < 1.29 is 9.47 Å². The molecule has 3 aromatic carbocycles. The molecule has 0 aliphatic rings. The first-order valence-corrected chi connectivity index (χ1v) is 10.4. The van der Waals surface area contributed by atoms with E-state index >= 15 is 0 Å². The van der Waals surface area contributed by atoms with E-state index in [9.17, 15) is 0 Å². The van der Waals surface area contributed by atoms with Crippen molar-refractivity contribution in [2.24, 2.45) is 0 Å². The number of aromatic nitrogens is 2. The van der Waals surface area contributed by atoms with Gasteiger partial charge in [0, 0.05) is 16.5 Å². The second-order valence-electron chi connectivity index (χ2n) is 6.29. The van der Waals surface area contributed by atoms with E-state index < -0.39 is 0 Å². The summed E-state index contributed by atoms with van der Waals surface area (Å²) < 4.78 is 13.5. The lowest BCUT2D eigenvalue weighted by atomic mass is 10.1. The van der Waals surface area contributed by atoms with Gasteiger partial charge in [0.2, 0.25) is 5.88 Å². The van der Waals surface area contributed by atoms with Crippen molar-refractivity contribution in [1.29, 1.82) is 0 Å². The first-order chi connectivity index (χ1) is 13.7. The maximum absolute atomic E-state index is 6.08. The highest BCUT2D eigenvalue weighted by Crippen LogP contribution is 2.35. The molecule has 4 nitrogen and oxygen atoms in total. The van der Waals surface area contributed by atoms with Crippen LogP contribution in [-0.4, -0.2) is 23.9 Å². The van der Waals surface area contributed by atoms with E-state index in [0.717, 1.165) is 42.3 Å². The third-order valence-corrected chi connectivity index (χ3v) is 5.89. The number of halogens is 2. The molecule has 0 amide bonds. The molecule has 0 atom stereocenters. The fourth-order valence-corrected chi connectivity index (χ4v) is 4.20. The third kappa shape index (κ3) is 3.80. The number of hydrogen-bond acceptors (Lipinski definition) is 3. The van der Waals surface area contributed by atoms with Gasteiger partial charge in [-0.25, -0.2) is 0 Å². The minimum Gasteiger partial charge on any atom is -0.492 e. The number of benzene rings is 3. The van der Waals surface area contributed by atoms with E-state index in [1.807, 2.05) is 30.3 Å². The Balaban J connectivity index is 1.55. The molecule has 6 heteroatoms. The highest BCUT2D eigenvalue weighted by atomic mass is 79.9. The zero-order valence-electron chi connectivity index (χ0n) is 15.2. The van der Waals surface area contributed by atoms with Crippen LogP contribution in [0.15, 0.2) is 69.6 Å². The van der Waals surface area contributed by atoms with Crippen LogP contribution < -0.4 is 9.47 Å². The number of aromatic amines is 1. The normalized spacial score (nSPS) is 11.0. The van der Waals surface area contributed by atoms with Crippen molar-refractivity contribution in [3.8, 4) is 22.9 Å². The number of H-pyrrole nitrogens is 1.